The number of ether oxygens (including phenoxy) is 1. The third-order valence-corrected chi connectivity index (χ3v) is 16.8. The van der Waals surface area contributed by atoms with Crippen molar-refractivity contribution in [3.8, 4) is 28.2 Å². The van der Waals surface area contributed by atoms with Crippen LogP contribution >= 0.6 is 0 Å². The summed E-state index contributed by atoms with van der Waals surface area (Å²) in [7, 11) is 1.16. The third-order valence-electron chi connectivity index (χ3n) is 16.8. The van der Waals surface area contributed by atoms with E-state index in [2.05, 4.69) is 56.6 Å². The van der Waals surface area contributed by atoms with Gasteiger partial charge in [-0.1, -0.05) is 71.6 Å². The minimum absolute atomic E-state index is 0.0351. The topological polar surface area (TPSA) is 147 Å². The summed E-state index contributed by atoms with van der Waals surface area (Å²) in [6.07, 6.45) is 18.0. The van der Waals surface area contributed by atoms with Crippen LogP contribution in [0.4, 0.5) is 8.78 Å². The van der Waals surface area contributed by atoms with Gasteiger partial charge in [-0.3, -0.25) is 14.4 Å². The second-order valence-electron chi connectivity index (χ2n) is 21.2. The maximum Gasteiger partial charge on any atom is 0.338 e. The van der Waals surface area contributed by atoms with E-state index < -0.39 is 34.7 Å². The first-order valence-electron chi connectivity index (χ1n) is 24.8. The predicted molar refractivity (Wildman–Crippen MR) is 257 cm³/mol. The number of nitrogens with one attached hydrogen (secondary N) is 3. The SMILES string of the molecule is COC(=O)c1cc(C(=O)NCCC(=O)NCCCN[C@H]2CC[C@@]3(C)C(=CCC4C3CC[C@@]3(C)C4CC[C@@H]3C(C)CCCC(C)C)C2)ccc1-c1c2cc(F)c(=O)cc-2oc2cc(O)c(F)cc12. The van der Waals surface area contributed by atoms with E-state index in [1.165, 1.54) is 82.4 Å². The lowest BCUT2D eigenvalue weighted by molar-refractivity contribution is -0.120. The molecule has 2 aromatic rings. The van der Waals surface area contributed by atoms with Gasteiger partial charge in [-0.2, -0.15) is 0 Å². The molecule has 12 heteroatoms. The van der Waals surface area contributed by atoms with Gasteiger partial charge in [-0.25, -0.2) is 13.6 Å². The van der Waals surface area contributed by atoms with Crippen LogP contribution in [-0.4, -0.2) is 55.7 Å². The van der Waals surface area contributed by atoms with Gasteiger partial charge in [0.25, 0.3) is 5.91 Å². The van der Waals surface area contributed by atoms with Gasteiger partial charge >= 0.3 is 5.97 Å². The van der Waals surface area contributed by atoms with Crippen molar-refractivity contribution in [1.29, 1.82) is 0 Å². The van der Waals surface area contributed by atoms with Gasteiger partial charge < -0.3 is 30.2 Å². The summed E-state index contributed by atoms with van der Waals surface area (Å²) in [6, 6.07) is 8.46. The molecular weight excluding hydrogens is 853 g/mol. The molecule has 8 rings (SSSR count). The molecule has 6 aliphatic rings. The van der Waals surface area contributed by atoms with Crippen LogP contribution in [-0.2, 0) is 9.53 Å². The van der Waals surface area contributed by atoms with E-state index in [0.717, 1.165) is 86.3 Å². The Balaban J connectivity index is 0.808. The molecule has 5 aliphatic carbocycles. The Morgan fingerprint density at radius 3 is 2.46 bits per heavy atom. The van der Waals surface area contributed by atoms with Crippen LogP contribution < -0.4 is 21.4 Å². The number of hydrogen-bond donors (Lipinski definition) is 4. The Morgan fingerprint density at radius 1 is 0.881 bits per heavy atom. The van der Waals surface area contributed by atoms with E-state index in [-0.39, 0.29) is 63.4 Å². The largest absolute Gasteiger partial charge is 0.505 e. The predicted octanol–water partition coefficient (Wildman–Crippen LogP) is 11.0. The normalized spacial score (nSPS) is 26.1. The number of benzene rings is 3. The summed E-state index contributed by atoms with van der Waals surface area (Å²) >= 11 is 0. The zero-order valence-electron chi connectivity index (χ0n) is 40.1. The van der Waals surface area contributed by atoms with Crippen LogP contribution in [0, 0.1) is 58.0 Å². The summed E-state index contributed by atoms with van der Waals surface area (Å²) < 4.78 is 40.2. The minimum atomic E-state index is -1.10. The van der Waals surface area contributed by atoms with E-state index >= 15 is 0 Å². The number of fused-ring (bicyclic) bond motifs is 7. The molecule has 10 nitrogen and oxygen atoms in total. The van der Waals surface area contributed by atoms with Crippen molar-refractivity contribution in [3.05, 3.63) is 87.1 Å². The van der Waals surface area contributed by atoms with Crippen molar-refractivity contribution < 1.29 is 37.4 Å². The lowest BCUT2D eigenvalue weighted by Gasteiger charge is -2.58. The molecular formula is C55H69F2N3O7. The molecule has 67 heavy (non-hydrogen) atoms. The Bertz CT molecular complexity index is 2570. The molecule has 0 aromatic heterocycles. The van der Waals surface area contributed by atoms with E-state index in [1.807, 2.05) is 0 Å². The van der Waals surface area contributed by atoms with Gasteiger partial charge in [0.15, 0.2) is 17.4 Å². The second-order valence-corrected chi connectivity index (χ2v) is 21.2. The zero-order valence-corrected chi connectivity index (χ0v) is 40.1. The highest BCUT2D eigenvalue weighted by molar-refractivity contribution is 6.09. The summed E-state index contributed by atoms with van der Waals surface area (Å²) in [5, 5.41) is 19.6. The van der Waals surface area contributed by atoms with Crippen molar-refractivity contribution in [2.75, 3.05) is 26.7 Å². The molecule has 0 spiro atoms. The first-order chi connectivity index (χ1) is 32.0. The Kier molecular flexibility index (Phi) is 14.3. The number of carbonyl (C=O) groups excluding carboxylic acids is 3. The fourth-order valence-corrected chi connectivity index (χ4v) is 13.3. The lowest BCUT2D eigenvalue weighted by atomic mass is 9.47. The fourth-order valence-electron chi connectivity index (χ4n) is 13.3. The molecule has 8 atom stereocenters. The number of hydrogen-bond acceptors (Lipinski definition) is 8. The Hall–Kier alpha value is -5.10. The number of methoxy groups -OCH3 is 1. The Morgan fingerprint density at radius 2 is 1.69 bits per heavy atom. The van der Waals surface area contributed by atoms with Gasteiger partial charge in [0.05, 0.1) is 12.7 Å². The van der Waals surface area contributed by atoms with Gasteiger partial charge in [-0.05, 0) is 140 Å². The van der Waals surface area contributed by atoms with Crippen LogP contribution in [0.5, 0.6) is 5.75 Å². The standard InChI is InChI=1S/C55H69F2N3O7/c1-31(2)9-7-10-32(3)41-15-16-42-37-14-12-34-26-35(17-20-54(34,4)43(37)18-21-55(41,42)5)58-22-8-23-59-50(63)19-24-60-52(64)33-11-13-36(38(25-33)53(65)66-6)51-39-27-44(56)46(61)29-48(39)67-49-30-47(62)45(57)28-40(49)51/h11-13,25,27-32,35,37,41-43,58,61H,7-10,14-24,26H2,1-6H3,(H,59,63)(H,60,64)/t32?,35-,37?,41+,42?,43?,54-,55+/m0/s1. The highest BCUT2D eigenvalue weighted by Crippen LogP contribution is 2.67. The smallest absolute Gasteiger partial charge is 0.338 e. The molecule has 360 valence electrons. The molecule has 4 unspecified atom stereocenters. The maximum atomic E-state index is 14.7. The van der Waals surface area contributed by atoms with Gasteiger partial charge in [0, 0.05) is 59.8 Å². The van der Waals surface area contributed by atoms with Gasteiger partial charge in [0.2, 0.25) is 11.3 Å². The van der Waals surface area contributed by atoms with Crippen LogP contribution in [0.15, 0.2) is 63.3 Å². The molecule has 0 radical (unpaired) electrons. The molecule has 4 N–H and O–H groups in total. The quantitative estimate of drug-likeness (QED) is 0.0376. The minimum Gasteiger partial charge on any atom is -0.505 e. The first kappa shape index (κ1) is 48.4. The van der Waals surface area contributed by atoms with E-state index in [1.54, 1.807) is 5.57 Å². The number of amides is 2. The monoisotopic (exact) mass is 922 g/mol. The molecule has 1 aliphatic heterocycles. The van der Waals surface area contributed by atoms with Gasteiger partial charge in [0.1, 0.15) is 11.3 Å². The first-order valence-corrected chi connectivity index (χ1v) is 24.8. The number of phenols is 1. The van der Waals surface area contributed by atoms with Crippen molar-refractivity contribution in [3.63, 3.8) is 0 Å². The molecule has 2 aromatic carbocycles. The number of aromatic hydroxyl groups is 1. The summed E-state index contributed by atoms with van der Waals surface area (Å²) in [6.45, 7) is 13.9. The number of esters is 1. The molecule has 2 amide bonds. The number of carbonyl (C=O) groups is 3. The van der Waals surface area contributed by atoms with Crippen LogP contribution in [0.2, 0.25) is 0 Å². The van der Waals surface area contributed by atoms with Crippen molar-refractivity contribution in [2.45, 2.75) is 124 Å². The maximum absolute atomic E-state index is 14.7. The fraction of sp³-hybridized carbons (Fsp3) is 0.564. The number of halogens is 2. The highest BCUT2D eigenvalue weighted by Gasteiger charge is 2.59. The van der Waals surface area contributed by atoms with Crippen molar-refractivity contribution in [2.24, 2.45) is 46.3 Å². The van der Waals surface area contributed by atoms with Crippen LogP contribution in [0.1, 0.15) is 139 Å². The number of rotatable bonds is 16. The van der Waals surface area contributed by atoms with E-state index in [9.17, 15) is 33.1 Å². The second kappa shape index (κ2) is 19.9. The third kappa shape index (κ3) is 9.66. The van der Waals surface area contributed by atoms with Crippen molar-refractivity contribution >= 4 is 28.8 Å². The molecule has 1 heterocycles. The average molecular weight is 922 g/mol. The molecule has 3 saturated carbocycles. The summed E-state index contributed by atoms with van der Waals surface area (Å²) in [5.41, 5.74) is 1.79. The summed E-state index contributed by atoms with van der Waals surface area (Å²) in [4.78, 5) is 51.4. The van der Waals surface area contributed by atoms with Crippen LogP contribution in [0.3, 0.4) is 0 Å². The van der Waals surface area contributed by atoms with Crippen molar-refractivity contribution in [1.82, 2.24) is 16.0 Å². The number of phenolic OH excluding ortho intramolecular Hbond substituents is 1. The number of allylic oxidation sites excluding steroid dienone is 1. The Labute approximate surface area is 393 Å². The van der Waals surface area contributed by atoms with Gasteiger partial charge in [-0.15, -0.1) is 0 Å². The van der Waals surface area contributed by atoms with Crippen LogP contribution in [0.25, 0.3) is 33.4 Å². The van der Waals surface area contributed by atoms with E-state index in [4.69, 9.17) is 9.15 Å². The molecule has 0 bridgehead atoms. The molecule has 0 saturated heterocycles. The lowest BCUT2D eigenvalue weighted by Crippen LogP contribution is -2.51. The highest BCUT2D eigenvalue weighted by atomic mass is 19.1. The molecule has 3 fully saturated rings. The zero-order chi connectivity index (χ0) is 47.8. The van der Waals surface area contributed by atoms with E-state index in [0.29, 0.717) is 23.4 Å². The summed E-state index contributed by atoms with van der Waals surface area (Å²) in [5.74, 6) is 0.519. The average Bonchev–Trinajstić information content (AvgIpc) is 3.66.